The van der Waals surface area contributed by atoms with Crippen molar-refractivity contribution in [3.05, 3.63) is 11.5 Å². The van der Waals surface area contributed by atoms with E-state index in [-0.39, 0.29) is 6.01 Å². The third-order valence-electron chi connectivity index (χ3n) is 3.13. The van der Waals surface area contributed by atoms with Crippen LogP contribution < -0.4 is 4.90 Å². The Morgan fingerprint density at radius 2 is 2.00 bits per heavy atom. The van der Waals surface area contributed by atoms with Crippen LogP contribution in [0.3, 0.4) is 0 Å². The van der Waals surface area contributed by atoms with Gasteiger partial charge in [0.15, 0.2) is 5.69 Å². The lowest BCUT2D eigenvalue weighted by molar-refractivity contribution is -0.141. The molecule has 0 saturated carbocycles. The molecule has 0 unspecified atom stereocenters. The summed E-state index contributed by atoms with van der Waals surface area (Å²) in [5.41, 5.74) is -1.48. The van der Waals surface area contributed by atoms with Crippen LogP contribution in [0.4, 0.5) is 19.2 Å². The van der Waals surface area contributed by atoms with Crippen LogP contribution in [-0.4, -0.2) is 29.1 Å². The number of alkyl halides is 3. The number of aromatic nitrogens is 1. The zero-order valence-corrected chi connectivity index (χ0v) is 10.2. The molecule has 2 heterocycles. The van der Waals surface area contributed by atoms with Gasteiger partial charge in [-0.15, -0.1) is 0 Å². The summed E-state index contributed by atoms with van der Waals surface area (Å²) in [5.74, 6) is -2.43. The molecule has 19 heavy (non-hydrogen) atoms. The number of piperidine rings is 1. The van der Waals surface area contributed by atoms with Gasteiger partial charge in [0.05, 0.1) is 0 Å². The van der Waals surface area contributed by atoms with Gasteiger partial charge in [-0.2, -0.15) is 18.2 Å². The van der Waals surface area contributed by atoms with E-state index in [0.29, 0.717) is 19.0 Å². The van der Waals surface area contributed by atoms with Crippen molar-refractivity contribution in [2.24, 2.45) is 5.92 Å². The Balaban J connectivity index is 2.30. The van der Waals surface area contributed by atoms with E-state index in [1.54, 1.807) is 4.90 Å². The molecule has 0 spiro atoms. The second-order valence-corrected chi connectivity index (χ2v) is 4.65. The Bertz CT molecular complexity index is 476. The molecule has 0 aromatic carbocycles. The summed E-state index contributed by atoms with van der Waals surface area (Å²) in [6.45, 7) is 3.08. The Morgan fingerprint density at radius 3 is 2.42 bits per heavy atom. The Morgan fingerprint density at radius 1 is 1.42 bits per heavy atom. The number of carbonyl (C=O) groups is 1. The largest absolute Gasteiger partial charge is 0.475 e. The van der Waals surface area contributed by atoms with Crippen LogP contribution in [0, 0.1) is 5.92 Å². The van der Waals surface area contributed by atoms with Crippen LogP contribution in [0.15, 0.2) is 4.42 Å². The average molecular weight is 278 g/mol. The molecule has 1 aromatic heterocycles. The van der Waals surface area contributed by atoms with Gasteiger partial charge < -0.3 is 14.4 Å². The van der Waals surface area contributed by atoms with E-state index in [0.717, 1.165) is 12.8 Å². The van der Waals surface area contributed by atoms with E-state index < -0.39 is 23.6 Å². The highest BCUT2D eigenvalue weighted by molar-refractivity contribution is 5.86. The summed E-state index contributed by atoms with van der Waals surface area (Å²) in [7, 11) is 0. The van der Waals surface area contributed by atoms with Gasteiger partial charge in [-0.1, -0.05) is 6.92 Å². The SMILES string of the molecule is CC1CCN(c2nc(C(F)(F)F)c(C(=O)O)o2)CC1. The number of nitrogens with zero attached hydrogens (tertiary/aromatic N) is 2. The highest BCUT2D eigenvalue weighted by Gasteiger charge is 2.42. The number of hydrogen-bond acceptors (Lipinski definition) is 4. The minimum absolute atomic E-state index is 0.267. The monoisotopic (exact) mass is 278 g/mol. The van der Waals surface area contributed by atoms with Crippen molar-refractivity contribution in [2.75, 3.05) is 18.0 Å². The number of carboxylic acid groups (broad SMARTS) is 1. The molecule has 1 aliphatic heterocycles. The Kier molecular flexibility index (Phi) is 3.42. The topological polar surface area (TPSA) is 66.6 Å². The van der Waals surface area contributed by atoms with Crippen LogP contribution in [0.25, 0.3) is 0 Å². The highest BCUT2D eigenvalue weighted by atomic mass is 19.4. The minimum atomic E-state index is -4.83. The predicted molar refractivity (Wildman–Crippen MR) is 59.1 cm³/mol. The first-order valence-corrected chi connectivity index (χ1v) is 5.85. The molecule has 0 bridgehead atoms. The van der Waals surface area contributed by atoms with Gasteiger partial charge in [-0.3, -0.25) is 0 Å². The number of carboxylic acids is 1. The third-order valence-corrected chi connectivity index (χ3v) is 3.13. The summed E-state index contributed by atoms with van der Waals surface area (Å²) >= 11 is 0. The van der Waals surface area contributed by atoms with Crippen molar-refractivity contribution in [1.29, 1.82) is 0 Å². The van der Waals surface area contributed by atoms with Crippen LogP contribution in [0.2, 0.25) is 0 Å². The van der Waals surface area contributed by atoms with Crippen molar-refractivity contribution in [3.8, 4) is 0 Å². The van der Waals surface area contributed by atoms with Gasteiger partial charge in [0.25, 0.3) is 6.01 Å². The molecular weight excluding hydrogens is 265 g/mol. The molecule has 106 valence electrons. The lowest BCUT2D eigenvalue weighted by atomic mass is 10.00. The fourth-order valence-electron chi connectivity index (χ4n) is 1.98. The maximum absolute atomic E-state index is 12.6. The smallest absolute Gasteiger partial charge is 0.437 e. The standard InChI is InChI=1S/C11H13F3N2O3/c1-6-2-4-16(5-3-6)10-15-8(11(12,13)14)7(19-10)9(17)18/h6H,2-5H2,1H3,(H,17,18). The molecule has 2 rings (SSSR count). The quantitative estimate of drug-likeness (QED) is 0.900. The molecule has 1 N–H and O–H groups in total. The van der Waals surface area contributed by atoms with Crippen molar-refractivity contribution in [1.82, 2.24) is 4.98 Å². The molecule has 1 fully saturated rings. The summed E-state index contributed by atoms with van der Waals surface area (Å²) in [5, 5.41) is 8.73. The van der Waals surface area contributed by atoms with Crippen molar-refractivity contribution in [3.63, 3.8) is 0 Å². The molecule has 8 heteroatoms. The zero-order valence-electron chi connectivity index (χ0n) is 10.2. The van der Waals surface area contributed by atoms with Crippen LogP contribution in [-0.2, 0) is 6.18 Å². The van der Waals surface area contributed by atoms with Crippen LogP contribution in [0.1, 0.15) is 36.0 Å². The molecule has 0 aliphatic carbocycles. The normalized spacial score (nSPS) is 17.8. The van der Waals surface area contributed by atoms with E-state index in [9.17, 15) is 18.0 Å². The third kappa shape index (κ3) is 2.82. The summed E-state index contributed by atoms with van der Waals surface area (Å²) in [6, 6.07) is -0.267. The number of anilines is 1. The number of halogens is 3. The number of hydrogen-bond donors (Lipinski definition) is 1. The average Bonchev–Trinajstić information content (AvgIpc) is 2.74. The Labute approximate surface area is 107 Å². The number of rotatable bonds is 2. The van der Waals surface area contributed by atoms with E-state index in [2.05, 4.69) is 11.9 Å². The molecule has 1 aliphatic rings. The lowest BCUT2D eigenvalue weighted by Crippen LogP contribution is -2.33. The number of aromatic carboxylic acids is 1. The molecular formula is C11H13F3N2O3. The van der Waals surface area contributed by atoms with E-state index >= 15 is 0 Å². The first-order valence-electron chi connectivity index (χ1n) is 5.85. The van der Waals surface area contributed by atoms with Gasteiger partial charge in [-0.25, -0.2) is 4.79 Å². The van der Waals surface area contributed by atoms with Gasteiger partial charge >= 0.3 is 12.1 Å². The maximum Gasteiger partial charge on any atom is 0.437 e. The van der Waals surface area contributed by atoms with E-state index in [4.69, 9.17) is 9.52 Å². The lowest BCUT2D eigenvalue weighted by Gasteiger charge is -2.28. The fourth-order valence-corrected chi connectivity index (χ4v) is 1.98. The van der Waals surface area contributed by atoms with Crippen molar-refractivity contribution < 1.29 is 27.5 Å². The molecule has 1 saturated heterocycles. The predicted octanol–water partition coefficient (Wildman–Crippen LogP) is 2.63. The van der Waals surface area contributed by atoms with Crippen LogP contribution in [0.5, 0.6) is 0 Å². The Hall–Kier alpha value is -1.73. The van der Waals surface area contributed by atoms with Gasteiger partial charge in [0.2, 0.25) is 5.76 Å². The fraction of sp³-hybridized carbons (Fsp3) is 0.636. The van der Waals surface area contributed by atoms with Crippen LogP contribution >= 0.6 is 0 Å². The number of oxazole rings is 1. The van der Waals surface area contributed by atoms with Gasteiger partial charge in [0.1, 0.15) is 0 Å². The van der Waals surface area contributed by atoms with Crippen molar-refractivity contribution >= 4 is 12.0 Å². The van der Waals surface area contributed by atoms with Crippen molar-refractivity contribution in [2.45, 2.75) is 25.9 Å². The second-order valence-electron chi connectivity index (χ2n) is 4.65. The minimum Gasteiger partial charge on any atom is -0.475 e. The summed E-state index contributed by atoms with van der Waals surface area (Å²) < 4.78 is 42.7. The molecule has 0 atom stereocenters. The van der Waals surface area contributed by atoms with E-state index in [1.165, 1.54) is 0 Å². The maximum atomic E-state index is 12.6. The highest BCUT2D eigenvalue weighted by Crippen LogP contribution is 2.34. The zero-order chi connectivity index (χ0) is 14.2. The van der Waals surface area contributed by atoms with E-state index in [1.807, 2.05) is 0 Å². The first-order chi connectivity index (χ1) is 8.79. The molecule has 0 amide bonds. The molecule has 1 aromatic rings. The van der Waals surface area contributed by atoms with Gasteiger partial charge in [0, 0.05) is 13.1 Å². The second kappa shape index (κ2) is 4.75. The molecule has 0 radical (unpaired) electrons. The molecule has 5 nitrogen and oxygen atoms in total. The summed E-state index contributed by atoms with van der Waals surface area (Å²) in [4.78, 5) is 15.6. The first kappa shape index (κ1) is 13.7. The summed E-state index contributed by atoms with van der Waals surface area (Å²) in [6.07, 6.45) is -3.21. The van der Waals surface area contributed by atoms with Gasteiger partial charge in [-0.05, 0) is 18.8 Å².